The molecule has 2 amide bonds. The van der Waals surface area contributed by atoms with Gasteiger partial charge in [0.1, 0.15) is 11.8 Å². The lowest BCUT2D eigenvalue weighted by atomic mass is 10.1. The Kier molecular flexibility index (Phi) is 11.4. The maximum atomic E-state index is 13.1. The highest BCUT2D eigenvalue weighted by molar-refractivity contribution is 5.87. The molecule has 0 heterocycles. The molecule has 0 aromatic heterocycles. The molecule has 0 fully saturated rings. The van der Waals surface area contributed by atoms with Gasteiger partial charge in [-0.15, -0.1) is 0 Å². The van der Waals surface area contributed by atoms with Crippen molar-refractivity contribution in [2.45, 2.75) is 65.3 Å². The lowest BCUT2D eigenvalue weighted by Crippen LogP contribution is -2.50. The molecule has 0 saturated heterocycles. The number of hydrogen-bond donors (Lipinski definition) is 1. The third-order valence-electron chi connectivity index (χ3n) is 5.52. The standard InChI is InChI=1S/C27H38N2O3/c1-4-6-19-28-27(31)25(5-2)29(20-18-23-11-8-7-9-12-23)26(30)13-10-21-32-24-16-14-22(3)15-17-24/h7-9,11-12,14-17,25H,4-6,10,13,18-21H2,1-3H3,(H,28,31)/t25-/m0/s1. The molecule has 1 atom stereocenters. The number of aryl methyl sites for hydroxylation is 1. The van der Waals surface area contributed by atoms with Gasteiger partial charge in [0.15, 0.2) is 0 Å². The molecule has 0 spiro atoms. The van der Waals surface area contributed by atoms with E-state index in [1.165, 1.54) is 5.56 Å². The maximum Gasteiger partial charge on any atom is 0.242 e. The van der Waals surface area contributed by atoms with Gasteiger partial charge < -0.3 is 15.0 Å². The van der Waals surface area contributed by atoms with E-state index in [1.807, 2.05) is 56.3 Å². The highest BCUT2D eigenvalue weighted by Crippen LogP contribution is 2.14. The van der Waals surface area contributed by atoms with Gasteiger partial charge in [-0.25, -0.2) is 0 Å². The summed E-state index contributed by atoms with van der Waals surface area (Å²) in [6, 6.07) is 17.5. The molecule has 0 aliphatic rings. The van der Waals surface area contributed by atoms with E-state index in [-0.39, 0.29) is 11.8 Å². The van der Waals surface area contributed by atoms with Crippen LogP contribution in [0, 0.1) is 6.92 Å². The Morgan fingerprint density at radius 3 is 2.38 bits per heavy atom. The molecule has 2 aromatic rings. The second kappa shape index (κ2) is 14.3. The van der Waals surface area contributed by atoms with Gasteiger partial charge in [-0.3, -0.25) is 9.59 Å². The van der Waals surface area contributed by atoms with Crippen LogP contribution in [0.3, 0.4) is 0 Å². The van der Waals surface area contributed by atoms with Gasteiger partial charge in [0, 0.05) is 19.5 Å². The van der Waals surface area contributed by atoms with Crippen LogP contribution < -0.4 is 10.1 Å². The summed E-state index contributed by atoms with van der Waals surface area (Å²) in [6.07, 6.45) is 4.26. The average molecular weight is 439 g/mol. The summed E-state index contributed by atoms with van der Waals surface area (Å²) in [6.45, 7) is 7.75. The third-order valence-corrected chi connectivity index (χ3v) is 5.52. The SMILES string of the molecule is CCCCNC(=O)[C@H](CC)N(CCc1ccccc1)C(=O)CCCOc1ccc(C)cc1. The summed E-state index contributed by atoms with van der Waals surface area (Å²) in [5.41, 5.74) is 2.35. The van der Waals surface area contributed by atoms with Crippen molar-refractivity contribution < 1.29 is 14.3 Å². The zero-order valence-electron chi connectivity index (χ0n) is 19.8. The van der Waals surface area contributed by atoms with Crippen molar-refractivity contribution in [2.75, 3.05) is 19.7 Å². The fraction of sp³-hybridized carbons (Fsp3) is 0.481. The van der Waals surface area contributed by atoms with Crippen LogP contribution in [-0.4, -0.2) is 42.5 Å². The van der Waals surface area contributed by atoms with Gasteiger partial charge >= 0.3 is 0 Å². The van der Waals surface area contributed by atoms with E-state index in [0.717, 1.165) is 30.6 Å². The van der Waals surface area contributed by atoms with Gasteiger partial charge in [0.05, 0.1) is 6.61 Å². The maximum absolute atomic E-state index is 13.1. The molecule has 5 nitrogen and oxygen atoms in total. The zero-order chi connectivity index (χ0) is 23.2. The molecule has 5 heteroatoms. The van der Waals surface area contributed by atoms with Crippen LogP contribution in [0.1, 0.15) is 57.1 Å². The van der Waals surface area contributed by atoms with Crippen LogP contribution in [0.5, 0.6) is 5.75 Å². The first-order chi connectivity index (χ1) is 15.5. The van der Waals surface area contributed by atoms with Crippen LogP contribution >= 0.6 is 0 Å². The van der Waals surface area contributed by atoms with E-state index in [1.54, 1.807) is 4.90 Å². The quantitative estimate of drug-likeness (QED) is 0.426. The molecule has 32 heavy (non-hydrogen) atoms. The normalized spacial score (nSPS) is 11.6. The van der Waals surface area contributed by atoms with E-state index < -0.39 is 6.04 Å². The first-order valence-corrected chi connectivity index (χ1v) is 11.9. The van der Waals surface area contributed by atoms with Crippen LogP contribution in [0.2, 0.25) is 0 Å². The van der Waals surface area contributed by atoms with Crippen molar-refractivity contribution in [3.8, 4) is 5.75 Å². The van der Waals surface area contributed by atoms with Crippen LogP contribution in [0.25, 0.3) is 0 Å². The molecule has 2 rings (SSSR count). The van der Waals surface area contributed by atoms with Crippen molar-refractivity contribution in [3.05, 3.63) is 65.7 Å². The van der Waals surface area contributed by atoms with Crippen molar-refractivity contribution in [1.29, 1.82) is 0 Å². The number of nitrogens with zero attached hydrogens (tertiary/aromatic N) is 1. The summed E-state index contributed by atoms with van der Waals surface area (Å²) in [4.78, 5) is 27.7. The van der Waals surface area contributed by atoms with E-state index in [0.29, 0.717) is 39.0 Å². The molecule has 0 aliphatic heterocycles. The third kappa shape index (κ3) is 8.74. The van der Waals surface area contributed by atoms with Crippen LogP contribution in [0.15, 0.2) is 54.6 Å². The lowest BCUT2D eigenvalue weighted by Gasteiger charge is -2.30. The number of unbranched alkanes of at least 4 members (excludes halogenated alkanes) is 1. The summed E-state index contributed by atoms with van der Waals surface area (Å²) in [7, 11) is 0. The Morgan fingerprint density at radius 2 is 1.72 bits per heavy atom. The Bertz CT molecular complexity index is 805. The fourth-order valence-electron chi connectivity index (χ4n) is 3.59. The summed E-state index contributed by atoms with van der Waals surface area (Å²) < 4.78 is 5.77. The van der Waals surface area contributed by atoms with Crippen molar-refractivity contribution in [2.24, 2.45) is 0 Å². The fourth-order valence-corrected chi connectivity index (χ4v) is 3.59. The summed E-state index contributed by atoms with van der Waals surface area (Å²) in [5, 5.41) is 3.00. The van der Waals surface area contributed by atoms with Crippen molar-refractivity contribution in [3.63, 3.8) is 0 Å². The van der Waals surface area contributed by atoms with Crippen LogP contribution in [-0.2, 0) is 16.0 Å². The minimum Gasteiger partial charge on any atom is -0.494 e. The Balaban J connectivity index is 1.96. The molecule has 0 saturated carbocycles. The van der Waals surface area contributed by atoms with E-state index in [9.17, 15) is 9.59 Å². The predicted octanol–water partition coefficient (Wildman–Crippen LogP) is 4.92. The number of benzene rings is 2. The summed E-state index contributed by atoms with van der Waals surface area (Å²) in [5.74, 6) is 0.759. The number of rotatable bonds is 14. The Labute approximate surface area is 193 Å². The molecule has 0 bridgehead atoms. The Morgan fingerprint density at radius 1 is 1.00 bits per heavy atom. The topological polar surface area (TPSA) is 58.6 Å². The zero-order valence-corrected chi connectivity index (χ0v) is 19.8. The second-order valence-corrected chi connectivity index (χ2v) is 8.16. The molecule has 174 valence electrons. The second-order valence-electron chi connectivity index (χ2n) is 8.16. The first kappa shape index (κ1) is 25.4. The molecule has 2 aromatic carbocycles. The number of carbonyl (C=O) groups is 2. The molecule has 1 N–H and O–H groups in total. The Hall–Kier alpha value is -2.82. The van der Waals surface area contributed by atoms with Crippen molar-refractivity contribution in [1.82, 2.24) is 10.2 Å². The van der Waals surface area contributed by atoms with Gasteiger partial charge in [0.2, 0.25) is 11.8 Å². The average Bonchev–Trinajstić information content (AvgIpc) is 2.81. The van der Waals surface area contributed by atoms with Gasteiger partial charge in [-0.05, 0) is 50.3 Å². The minimum atomic E-state index is -0.443. The largest absolute Gasteiger partial charge is 0.494 e. The molecular weight excluding hydrogens is 400 g/mol. The van der Waals surface area contributed by atoms with E-state index in [4.69, 9.17) is 4.74 Å². The van der Waals surface area contributed by atoms with Gasteiger partial charge in [-0.1, -0.05) is 68.3 Å². The smallest absolute Gasteiger partial charge is 0.242 e. The van der Waals surface area contributed by atoms with E-state index >= 15 is 0 Å². The molecule has 0 radical (unpaired) electrons. The number of hydrogen-bond acceptors (Lipinski definition) is 3. The van der Waals surface area contributed by atoms with E-state index in [2.05, 4.69) is 24.4 Å². The van der Waals surface area contributed by atoms with Crippen LogP contribution in [0.4, 0.5) is 0 Å². The number of amides is 2. The molecule has 0 aliphatic carbocycles. The lowest BCUT2D eigenvalue weighted by molar-refractivity contribution is -0.140. The van der Waals surface area contributed by atoms with Crippen molar-refractivity contribution >= 4 is 11.8 Å². The number of carbonyl (C=O) groups excluding carboxylic acids is 2. The monoisotopic (exact) mass is 438 g/mol. The minimum absolute atomic E-state index is 0.00549. The number of nitrogens with one attached hydrogen (secondary N) is 1. The molecular formula is C27H38N2O3. The summed E-state index contributed by atoms with van der Waals surface area (Å²) >= 11 is 0. The number of ether oxygens (including phenoxy) is 1. The highest BCUT2D eigenvalue weighted by atomic mass is 16.5. The highest BCUT2D eigenvalue weighted by Gasteiger charge is 2.27. The predicted molar refractivity (Wildman–Crippen MR) is 130 cm³/mol. The van der Waals surface area contributed by atoms with Gasteiger partial charge in [0.25, 0.3) is 0 Å². The first-order valence-electron chi connectivity index (χ1n) is 11.9. The molecule has 0 unspecified atom stereocenters. The van der Waals surface area contributed by atoms with Gasteiger partial charge in [-0.2, -0.15) is 0 Å².